The summed E-state index contributed by atoms with van der Waals surface area (Å²) < 4.78 is 10.9. The summed E-state index contributed by atoms with van der Waals surface area (Å²) in [7, 11) is 0. The third-order valence-corrected chi connectivity index (χ3v) is 6.14. The largest absolute Gasteiger partial charge is 0.494 e. The standard InChI is InChI=1S/C28H45BrO3/c1-2-3-4-5-6-7-8-9-10-11-12-13-14-15-24-31-27-20-17-26(18-21-27)19-22-28(30)32-25-16-23-29/h17-22H,2-16,23-25H2,1H3/b22-19+. The van der Waals surface area contributed by atoms with E-state index in [2.05, 4.69) is 22.9 Å². The summed E-state index contributed by atoms with van der Waals surface area (Å²) in [5.41, 5.74) is 0.964. The number of ether oxygens (including phenoxy) is 2. The van der Waals surface area contributed by atoms with Crippen LogP contribution < -0.4 is 4.74 Å². The molecule has 3 nitrogen and oxygen atoms in total. The van der Waals surface area contributed by atoms with Gasteiger partial charge in [0.1, 0.15) is 5.75 Å². The third kappa shape index (κ3) is 17.3. The molecule has 0 aliphatic carbocycles. The van der Waals surface area contributed by atoms with Crippen molar-refractivity contribution >= 4 is 28.0 Å². The number of carbonyl (C=O) groups excluding carboxylic acids is 1. The number of hydrogen-bond acceptors (Lipinski definition) is 3. The molecule has 0 heterocycles. The summed E-state index contributed by atoms with van der Waals surface area (Å²) >= 11 is 3.31. The number of unbranched alkanes of at least 4 members (excludes halogenated alkanes) is 13. The molecular weight excluding hydrogens is 464 g/mol. The Morgan fingerprint density at radius 1 is 0.750 bits per heavy atom. The Balaban J connectivity index is 1.95. The lowest BCUT2D eigenvalue weighted by atomic mass is 10.0. The van der Waals surface area contributed by atoms with E-state index in [1.807, 2.05) is 24.3 Å². The molecule has 1 aromatic carbocycles. The third-order valence-electron chi connectivity index (χ3n) is 5.58. The van der Waals surface area contributed by atoms with E-state index in [0.29, 0.717) is 6.61 Å². The summed E-state index contributed by atoms with van der Waals surface area (Å²) in [6, 6.07) is 7.84. The van der Waals surface area contributed by atoms with Crippen LogP contribution in [0, 0.1) is 0 Å². The maximum absolute atomic E-state index is 11.6. The molecule has 0 amide bonds. The van der Waals surface area contributed by atoms with Gasteiger partial charge in [0, 0.05) is 11.4 Å². The van der Waals surface area contributed by atoms with E-state index in [1.165, 1.54) is 89.5 Å². The van der Waals surface area contributed by atoms with Crippen LogP contribution >= 0.6 is 15.9 Å². The smallest absolute Gasteiger partial charge is 0.330 e. The Labute approximate surface area is 205 Å². The molecule has 1 aromatic rings. The van der Waals surface area contributed by atoms with Gasteiger partial charge < -0.3 is 9.47 Å². The molecule has 0 radical (unpaired) electrons. The fourth-order valence-electron chi connectivity index (χ4n) is 3.60. The zero-order valence-electron chi connectivity index (χ0n) is 20.3. The van der Waals surface area contributed by atoms with Crippen molar-refractivity contribution < 1.29 is 14.3 Å². The molecule has 0 bridgehead atoms. The molecule has 4 heteroatoms. The quantitative estimate of drug-likeness (QED) is 0.0718. The van der Waals surface area contributed by atoms with Crippen molar-refractivity contribution in [2.45, 2.75) is 103 Å². The van der Waals surface area contributed by atoms with Gasteiger partial charge in [-0.05, 0) is 36.6 Å². The Bertz CT molecular complexity index is 583. The van der Waals surface area contributed by atoms with Gasteiger partial charge in [-0.25, -0.2) is 4.79 Å². The highest BCUT2D eigenvalue weighted by Crippen LogP contribution is 2.15. The average molecular weight is 510 g/mol. The number of carbonyl (C=O) groups is 1. The molecule has 182 valence electrons. The van der Waals surface area contributed by atoms with E-state index in [-0.39, 0.29) is 5.97 Å². The number of alkyl halides is 1. The first-order valence-electron chi connectivity index (χ1n) is 12.9. The van der Waals surface area contributed by atoms with Crippen molar-refractivity contribution in [3.8, 4) is 5.75 Å². The predicted octanol–water partition coefficient (Wildman–Crippen LogP) is 8.89. The Kier molecular flexibility index (Phi) is 19.4. The van der Waals surface area contributed by atoms with Gasteiger partial charge in [-0.2, -0.15) is 0 Å². The van der Waals surface area contributed by atoms with Crippen LogP contribution in [0.4, 0.5) is 0 Å². The molecule has 0 spiro atoms. The maximum Gasteiger partial charge on any atom is 0.330 e. The van der Waals surface area contributed by atoms with Crippen LogP contribution in [0.1, 0.15) is 109 Å². The van der Waals surface area contributed by atoms with Crippen molar-refractivity contribution in [2.24, 2.45) is 0 Å². The minimum Gasteiger partial charge on any atom is -0.494 e. The molecular formula is C28H45BrO3. The van der Waals surface area contributed by atoms with E-state index in [1.54, 1.807) is 6.08 Å². The summed E-state index contributed by atoms with van der Waals surface area (Å²) in [5.74, 6) is 0.584. The van der Waals surface area contributed by atoms with Crippen LogP contribution in [0.15, 0.2) is 30.3 Å². The molecule has 32 heavy (non-hydrogen) atoms. The maximum atomic E-state index is 11.6. The first-order valence-corrected chi connectivity index (χ1v) is 14.0. The first-order chi connectivity index (χ1) is 15.8. The van der Waals surface area contributed by atoms with E-state index >= 15 is 0 Å². The molecule has 0 N–H and O–H groups in total. The topological polar surface area (TPSA) is 35.5 Å². The monoisotopic (exact) mass is 508 g/mol. The highest BCUT2D eigenvalue weighted by Gasteiger charge is 1.98. The lowest BCUT2D eigenvalue weighted by Gasteiger charge is -2.07. The highest BCUT2D eigenvalue weighted by molar-refractivity contribution is 9.09. The number of halogens is 1. The summed E-state index contributed by atoms with van der Waals surface area (Å²) in [5, 5.41) is 0.838. The molecule has 1 rings (SSSR count). The van der Waals surface area contributed by atoms with Gasteiger partial charge in [-0.3, -0.25) is 0 Å². The lowest BCUT2D eigenvalue weighted by Crippen LogP contribution is -2.02. The summed E-state index contributed by atoms with van der Waals surface area (Å²) in [4.78, 5) is 11.6. The molecule has 0 saturated heterocycles. The minimum absolute atomic E-state index is 0.302. The van der Waals surface area contributed by atoms with Crippen molar-refractivity contribution in [2.75, 3.05) is 18.5 Å². The fraction of sp³-hybridized carbons (Fsp3) is 0.679. The number of hydrogen-bond donors (Lipinski definition) is 0. The molecule has 0 atom stereocenters. The van der Waals surface area contributed by atoms with Crippen molar-refractivity contribution in [1.82, 2.24) is 0 Å². The Morgan fingerprint density at radius 2 is 1.28 bits per heavy atom. The second-order valence-corrected chi connectivity index (χ2v) is 9.35. The van der Waals surface area contributed by atoms with Crippen molar-refractivity contribution in [3.63, 3.8) is 0 Å². The molecule has 0 saturated carbocycles. The summed E-state index contributed by atoms with van der Waals surface area (Å²) in [6.45, 7) is 3.50. The predicted molar refractivity (Wildman–Crippen MR) is 141 cm³/mol. The van der Waals surface area contributed by atoms with Gasteiger partial charge in [-0.15, -0.1) is 0 Å². The van der Waals surface area contributed by atoms with Crippen molar-refractivity contribution in [1.29, 1.82) is 0 Å². The van der Waals surface area contributed by atoms with E-state index in [9.17, 15) is 4.79 Å². The molecule has 0 aliphatic rings. The van der Waals surface area contributed by atoms with Crippen LogP contribution in [0.3, 0.4) is 0 Å². The van der Waals surface area contributed by atoms with E-state index in [0.717, 1.165) is 36.1 Å². The first kappa shape index (κ1) is 28.7. The number of rotatable bonds is 21. The zero-order chi connectivity index (χ0) is 23.1. The van der Waals surface area contributed by atoms with E-state index < -0.39 is 0 Å². The minimum atomic E-state index is -0.302. The number of benzene rings is 1. The molecule has 0 aromatic heterocycles. The fourth-order valence-corrected chi connectivity index (χ4v) is 3.83. The normalized spacial score (nSPS) is 11.2. The average Bonchev–Trinajstić information content (AvgIpc) is 2.81. The highest BCUT2D eigenvalue weighted by atomic mass is 79.9. The molecule has 0 unspecified atom stereocenters. The van der Waals surface area contributed by atoms with Crippen LogP contribution in [-0.2, 0) is 9.53 Å². The Morgan fingerprint density at radius 3 is 1.81 bits per heavy atom. The van der Waals surface area contributed by atoms with E-state index in [4.69, 9.17) is 9.47 Å². The molecule has 0 aliphatic heterocycles. The SMILES string of the molecule is CCCCCCCCCCCCCCCCOc1ccc(/C=C/C(=O)OCCCBr)cc1. The van der Waals surface area contributed by atoms with Crippen molar-refractivity contribution in [3.05, 3.63) is 35.9 Å². The second-order valence-electron chi connectivity index (χ2n) is 8.56. The van der Waals surface area contributed by atoms with Crippen LogP contribution in [0.25, 0.3) is 6.08 Å². The van der Waals surface area contributed by atoms with Crippen LogP contribution in [-0.4, -0.2) is 24.5 Å². The molecule has 0 fully saturated rings. The second kappa shape index (κ2) is 21.6. The van der Waals surface area contributed by atoms with Crippen LogP contribution in [0.2, 0.25) is 0 Å². The van der Waals surface area contributed by atoms with Gasteiger partial charge in [0.05, 0.1) is 13.2 Å². The Hall–Kier alpha value is -1.29. The zero-order valence-corrected chi connectivity index (χ0v) is 21.9. The van der Waals surface area contributed by atoms with Crippen LogP contribution in [0.5, 0.6) is 5.75 Å². The lowest BCUT2D eigenvalue weighted by molar-refractivity contribution is -0.137. The van der Waals surface area contributed by atoms with Gasteiger partial charge in [0.2, 0.25) is 0 Å². The summed E-state index contributed by atoms with van der Waals surface area (Å²) in [6.07, 6.45) is 23.2. The van der Waals surface area contributed by atoms with Gasteiger partial charge in [-0.1, -0.05) is 118 Å². The number of esters is 1. The van der Waals surface area contributed by atoms with Gasteiger partial charge in [0.15, 0.2) is 0 Å². The van der Waals surface area contributed by atoms with Gasteiger partial charge in [0.25, 0.3) is 0 Å². The van der Waals surface area contributed by atoms with Gasteiger partial charge >= 0.3 is 5.97 Å².